The Hall–Kier alpha value is -3.12. The third-order valence-electron chi connectivity index (χ3n) is 6.52. The topological polar surface area (TPSA) is 72.5 Å². The van der Waals surface area contributed by atoms with E-state index in [4.69, 9.17) is 14.5 Å². The minimum Gasteiger partial charge on any atom is -0.497 e. The summed E-state index contributed by atoms with van der Waals surface area (Å²) < 4.78 is 11.8. The molecule has 2 N–H and O–H groups in total. The smallest absolute Gasteiger partial charge is 0.237 e. The summed E-state index contributed by atoms with van der Waals surface area (Å²) >= 11 is 0. The molecule has 0 spiro atoms. The Morgan fingerprint density at radius 1 is 1.16 bits per heavy atom. The van der Waals surface area contributed by atoms with Crippen molar-refractivity contribution in [3.63, 3.8) is 0 Å². The number of carbonyl (C=O) groups is 1. The van der Waals surface area contributed by atoms with Crippen molar-refractivity contribution in [1.29, 1.82) is 0 Å². The van der Waals surface area contributed by atoms with Crippen LogP contribution in [0.3, 0.4) is 0 Å². The third-order valence-corrected chi connectivity index (χ3v) is 6.52. The summed E-state index contributed by atoms with van der Waals surface area (Å²) in [6, 6.07) is 18.0. The molecule has 4 atom stereocenters. The fraction of sp³-hybridized carbons (Fsp3) is 0.385. The van der Waals surface area contributed by atoms with Crippen LogP contribution in [0.4, 0.5) is 0 Å². The van der Waals surface area contributed by atoms with Gasteiger partial charge in [0.25, 0.3) is 0 Å². The highest BCUT2D eigenvalue weighted by molar-refractivity contribution is 5.89. The lowest BCUT2D eigenvalue weighted by molar-refractivity contribution is -0.123. The summed E-state index contributed by atoms with van der Waals surface area (Å²) in [5.74, 6) is 2.26. The lowest BCUT2D eigenvalue weighted by Gasteiger charge is -2.17. The molecule has 6 heteroatoms. The average Bonchev–Trinajstić information content (AvgIpc) is 3.42. The fourth-order valence-corrected chi connectivity index (χ4v) is 4.49. The van der Waals surface area contributed by atoms with Crippen LogP contribution >= 0.6 is 0 Å². The number of ether oxygens (including phenoxy) is 2. The normalized spacial score (nSPS) is 24.3. The maximum absolute atomic E-state index is 12.6. The number of fused-ring (bicyclic) bond motifs is 1. The van der Waals surface area contributed by atoms with Crippen molar-refractivity contribution < 1.29 is 14.3 Å². The summed E-state index contributed by atoms with van der Waals surface area (Å²) in [5.41, 5.74) is 2.69. The minimum atomic E-state index is -0.208. The number of methoxy groups -OCH3 is 1. The molecule has 1 amide bonds. The van der Waals surface area contributed by atoms with Crippen LogP contribution in [-0.2, 0) is 4.79 Å². The van der Waals surface area contributed by atoms with E-state index in [0.29, 0.717) is 24.9 Å². The van der Waals surface area contributed by atoms with Crippen molar-refractivity contribution >= 4 is 16.8 Å². The van der Waals surface area contributed by atoms with Crippen molar-refractivity contribution in [1.82, 2.24) is 15.6 Å². The molecule has 32 heavy (non-hydrogen) atoms. The zero-order valence-corrected chi connectivity index (χ0v) is 18.5. The number of hydrogen-bond acceptors (Lipinski definition) is 5. The molecule has 1 aromatic heterocycles. The van der Waals surface area contributed by atoms with Crippen molar-refractivity contribution in [2.24, 2.45) is 5.92 Å². The van der Waals surface area contributed by atoms with Gasteiger partial charge in [-0.05, 0) is 24.5 Å². The number of pyridine rings is 1. The van der Waals surface area contributed by atoms with Gasteiger partial charge in [0.2, 0.25) is 5.91 Å². The van der Waals surface area contributed by atoms with Gasteiger partial charge in [-0.1, -0.05) is 43.7 Å². The Kier molecular flexibility index (Phi) is 5.70. The standard InChI is InChI=1S/C26H29N3O3/c1-3-16-11-21(16)29-26(30)24-13-19(15-27-24)32-25-14-22(17-7-5-4-6-8-17)28-23-12-18(31-2)9-10-20(23)25/h4-10,12,14,16,19,21,24,27H,3,11,13,15H2,1-2H3,(H,29,30). The second kappa shape index (κ2) is 8.79. The first kappa shape index (κ1) is 20.8. The van der Waals surface area contributed by atoms with E-state index in [1.807, 2.05) is 54.6 Å². The Morgan fingerprint density at radius 2 is 2.00 bits per heavy atom. The van der Waals surface area contributed by atoms with Crippen LogP contribution in [0.25, 0.3) is 22.2 Å². The largest absolute Gasteiger partial charge is 0.497 e. The van der Waals surface area contributed by atoms with Crippen molar-refractivity contribution in [2.75, 3.05) is 13.7 Å². The van der Waals surface area contributed by atoms with E-state index in [9.17, 15) is 4.79 Å². The summed E-state index contributed by atoms with van der Waals surface area (Å²) in [4.78, 5) is 17.5. The van der Waals surface area contributed by atoms with Gasteiger partial charge in [0.05, 0.1) is 24.4 Å². The molecule has 5 rings (SSSR count). The monoisotopic (exact) mass is 431 g/mol. The molecule has 3 aromatic rings. The Balaban J connectivity index is 1.37. The summed E-state index contributed by atoms with van der Waals surface area (Å²) in [7, 11) is 1.65. The van der Waals surface area contributed by atoms with Gasteiger partial charge in [-0.25, -0.2) is 4.98 Å². The molecule has 2 aliphatic rings. The lowest BCUT2D eigenvalue weighted by Crippen LogP contribution is -2.41. The van der Waals surface area contributed by atoms with Crippen LogP contribution in [0.5, 0.6) is 11.5 Å². The van der Waals surface area contributed by atoms with Gasteiger partial charge >= 0.3 is 0 Å². The molecule has 1 saturated carbocycles. The van der Waals surface area contributed by atoms with Crippen molar-refractivity contribution in [3.05, 3.63) is 54.6 Å². The van der Waals surface area contributed by atoms with Crippen LogP contribution in [0.15, 0.2) is 54.6 Å². The molecule has 1 saturated heterocycles. The number of nitrogens with one attached hydrogen (secondary N) is 2. The zero-order valence-electron chi connectivity index (χ0n) is 18.5. The van der Waals surface area contributed by atoms with E-state index < -0.39 is 0 Å². The van der Waals surface area contributed by atoms with Crippen molar-refractivity contribution in [2.45, 2.75) is 44.4 Å². The minimum absolute atomic E-state index is 0.0803. The van der Waals surface area contributed by atoms with Gasteiger partial charge in [0.1, 0.15) is 17.6 Å². The number of aromatic nitrogens is 1. The first-order valence-corrected chi connectivity index (χ1v) is 11.4. The van der Waals surface area contributed by atoms with Gasteiger partial charge in [0, 0.05) is 42.1 Å². The quantitative estimate of drug-likeness (QED) is 0.593. The van der Waals surface area contributed by atoms with E-state index in [1.165, 1.54) is 0 Å². The summed E-state index contributed by atoms with van der Waals surface area (Å²) in [5, 5.41) is 7.44. The average molecular weight is 432 g/mol. The fourth-order valence-electron chi connectivity index (χ4n) is 4.49. The molecule has 0 bridgehead atoms. The molecule has 6 nitrogen and oxygen atoms in total. The van der Waals surface area contributed by atoms with E-state index in [1.54, 1.807) is 7.11 Å². The van der Waals surface area contributed by atoms with Crippen LogP contribution in [0.2, 0.25) is 0 Å². The second-order valence-electron chi connectivity index (χ2n) is 8.71. The van der Waals surface area contributed by atoms with Gasteiger partial charge in [0.15, 0.2) is 0 Å². The Morgan fingerprint density at radius 3 is 2.75 bits per heavy atom. The molecule has 166 valence electrons. The van der Waals surface area contributed by atoms with E-state index in [-0.39, 0.29) is 18.1 Å². The lowest BCUT2D eigenvalue weighted by atomic mass is 10.1. The first-order valence-electron chi connectivity index (χ1n) is 11.4. The van der Waals surface area contributed by atoms with E-state index in [0.717, 1.165) is 46.5 Å². The number of benzene rings is 2. The highest BCUT2D eigenvalue weighted by Gasteiger charge is 2.39. The molecule has 0 radical (unpaired) electrons. The predicted octanol–water partition coefficient (Wildman–Crippen LogP) is 3.93. The summed E-state index contributed by atoms with van der Waals surface area (Å²) in [6.07, 6.45) is 2.79. The van der Waals surface area contributed by atoms with Crippen LogP contribution < -0.4 is 20.1 Å². The molecule has 1 aliphatic carbocycles. The zero-order chi connectivity index (χ0) is 22.1. The maximum atomic E-state index is 12.6. The molecule has 4 unspecified atom stereocenters. The second-order valence-corrected chi connectivity index (χ2v) is 8.71. The number of amides is 1. The van der Waals surface area contributed by atoms with Crippen molar-refractivity contribution in [3.8, 4) is 22.8 Å². The maximum Gasteiger partial charge on any atom is 0.237 e. The molecule has 2 aromatic carbocycles. The van der Waals surface area contributed by atoms with E-state index in [2.05, 4.69) is 17.6 Å². The first-order chi connectivity index (χ1) is 15.6. The number of nitrogens with zero attached hydrogens (tertiary/aromatic N) is 1. The third kappa shape index (κ3) is 4.28. The van der Waals surface area contributed by atoms with Crippen LogP contribution in [-0.4, -0.2) is 42.7 Å². The SMILES string of the molecule is CCC1CC1NC(=O)C1CC(Oc2cc(-c3ccccc3)nc3cc(OC)ccc23)CN1. The number of hydrogen-bond donors (Lipinski definition) is 2. The van der Waals surface area contributed by atoms with E-state index >= 15 is 0 Å². The predicted molar refractivity (Wildman–Crippen MR) is 125 cm³/mol. The van der Waals surface area contributed by atoms with Gasteiger partial charge in [-0.2, -0.15) is 0 Å². The highest BCUT2D eigenvalue weighted by Crippen LogP contribution is 2.35. The summed E-state index contributed by atoms with van der Waals surface area (Å²) in [6.45, 7) is 2.81. The van der Waals surface area contributed by atoms with Gasteiger partial charge < -0.3 is 20.1 Å². The highest BCUT2D eigenvalue weighted by atomic mass is 16.5. The molecular weight excluding hydrogens is 402 g/mol. The number of carbonyl (C=O) groups excluding carboxylic acids is 1. The van der Waals surface area contributed by atoms with Crippen LogP contribution in [0, 0.1) is 5.92 Å². The molecule has 2 fully saturated rings. The van der Waals surface area contributed by atoms with Crippen LogP contribution in [0.1, 0.15) is 26.2 Å². The van der Waals surface area contributed by atoms with Gasteiger partial charge in [-0.15, -0.1) is 0 Å². The Bertz CT molecular complexity index is 1120. The number of rotatable bonds is 7. The Labute approximate surface area is 188 Å². The molecule has 1 aliphatic heterocycles. The molecule has 2 heterocycles. The molecular formula is C26H29N3O3. The van der Waals surface area contributed by atoms with Gasteiger partial charge in [-0.3, -0.25) is 4.79 Å².